The number of unbranched alkanes of at least 4 members (excludes halogenated alkanes) is 1. The number of para-hydroxylation sites is 1. The average molecular weight is 263 g/mol. The van der Waals surface area contributed by atoms with Crippen LogP contribution >= 0.6 is 0 Å². The predicted molar refractivity (Wildman–Crippen MR) is 75.1 cm³/mol. The van der Waals surface area contributed by atoms with Crippen molar-refractivity contribution < 1.29 is 14.7 Å². The Morgan fingerprint density at radius 1 is 1.32 bits per heavy atom. The molecule has 1 rings (SSSR count). The molecule has 0 fully saturated rings. The Labute approximate surface area is 113 Å². The largest absolute Gasteiger partial charge is 0.481 e. The Bertz CT molecular complexity index is 443. The molecule has 0 radical (unpaired) electrons. The second-order valence-electron chi connectivity index (χ2n) is 4.76. The first-order valence-corrected chi connectivity index (χ1v) is 6.65. The quantitative estimate of drug-likeness (QED) is 0.794. The third kappa shape index (κ3) is 5.12. The molecule has 1 unspecified atom stereocenters. The molecule has 0 aromatic heterocycles. The van der Waals surface area contributed by atoms with Gasteiger partial charge in [-0.05, 0) is 18.1 Å². The zero-order valence-corrected chi connectivity index (χ0v) is 11.5. The molecule has 2 N–H and O–H groups in total. The van der Waals surface area contributed by atoms with E-state index in [9.17, 15) is 9.59 Å². The minimum Gasteiger partial charge on any atom is -0.481 e. The molecule has 1 atom stereocenters. The zero-order chi connectivity index (χ0) is 14.3. The van der Waals surface area contributed by atoms with Crippen molar-refractivity contribution in [2.24, 2.45) is 5.92 Å². The second-order valence-corrected chi connectivity index (χ2v) is 4.76. The zero-order valence-electron chi connectivity index (χ0n) is 11.5. The van der Waals surface area contributed by atoms with Crippen LogP contribution in [0.4, 0.5) is 5.69 Å². The number of amides is 1. The molecule has 4 heteroatoms. The van der Waals surface area contributed by atoms with Crippen LogP contribution in [-0.4, -0.2) is 17.0 Å². The fraction of sp³-hybridized carbons (Fsp3) is 0.467. The summed E-state index contributed by atoms with van der Waals surface area (Å²) in [7, 11) is 0. The summed E-state index contributed by atoms with van der Waals surface area (Å²) in [5.41, 5.74) is 1.23. The van der Waals surface area contributed by atoms with Crippen molar-refractivity contribution in [1.29, 1.82) is 0 Å². The Balaban J connectivity index is 2.70. The number of anilines is 1. The van der Waals surface area contributed by atoms with Gasteiger partial charge in [-0.1, -0.05) is 44.9 Å². The number of benzene rings is 1. The number of carbonyl (C=O) groups excluding carboxylic acids is 1. The fourth-order valence-corrected chi connectivity index (χ4v) is 1.86. The first-order chi connectivity index (χ1) is 9.04. The van der Waals surface area contributed by atoms with Gasteiger partial charge in [-0.2, -0.15) is 0 Å². The maximum Gasteiger partial charge on any atom is 0.307 e. The van der Waals surface area contributed by atoms with Crippen molar-refractivity contribution in [2.45, 2.75) is 39.5 Å². The lowest BCUT2D eigenvalue weighted by atomic mass is 10.0. The molecule has 0 aliphatic rings. The average Bonchev–Trinajstić information content (AvgIpc) is 2.37. The van der Waals surface area contributed by atoms with E-state index < -0.39 is 5.97 Å². The summed E-state index contributed by atoms with van der Waals surface area (Å²) in [5, 5.41) is 11.7. The number of carboxylic acids is 1. The lowest BCUT2D eigenvalue weighted by Crippen LogP contribution is -2.21. The molecule has 0 spiro atoms. The van der Waals surface area contributed by atoms with Crippen LogP contribution in [0, 0.1) is 5.92 Å². The van der Waals surface area contributed by atoms with Crippen LogP contribution in [0.15, 0.2) is 24.3 Å². The number of aliphatic carboxylic acids is 1. The number of carbonyl (C=O) groups is 2. The van der Waals surface area contributed by atoms with E-state index in [0.29, 0.717) is 11.3 Å². The molecule has 0 aliphatic heterocycles. The summed E-state index contributed by atoms with van der Waals surface area (Å²) >= 11 is 0. The van der Waals surface area contributed by atoms with Gasteiger partial charge >= 0.3 is 5.97 Å². The second kappa shape index (κ2) is 7.56. The molecule has 1 aromatic rings. The summed E-state index contributed by atoms with van der Waals surface area (Å²) in [6, 6.07) is 7.02. The van der Waals surface area contributed by atoms with Gasteiger partial charge in [0.15, 0.2) is 0 Å². The molecule has 104 valence electrons. The normalized spacial score (nSPS) is 11.9. The predicted octanol–water partition coefficient (Wildman–Crippen LogP) is 3.08. The van der Waals surface area contributed by atoms with Crippen LogP contribution in [0.1, 0.15) is 38.7 Å². The van der Waals surface area contributed by atoms with E-state index in [4.69, 9.17) is 5.11 Å². The van der Waals surface area contributed by atoms with E-state index in [1.54, 1.807) is 24.3 Å². The fourth-order valence-electron chi connectivity index (χ4n) is 1.86. The Hall–Kier alpha value is -1.84. The molecule has 0 saturated heterocycles. The summed E-state index contributed by atoms with van der Waals surface area (Å²) in [4.78, 5) is 22.8. The highest BCUT2D eigenvalue weighted by Gasteiger charge is 2.14. The van der Waals surface area contributed by atoms with Crippen LogP contribution in [0.2, 0.25) is 0 Å². The van der Waals surface area contributed by atoms with Crippen LogP contribution in [0.5, 0.6) is 0 Å². The summed E-state index contributed by atoms with van der Waals surface area (Å²) in [6.07, 6.45) is 2.85. The lowest BCUT2D eigenvalue weighted by molar-refractivity contribution is -0.136. The van der Waals surface area contributed by atoms with E-state index in [1.165, 1.54) is 0 Å². The monoisotopic (exact) mass is 263 g/mol. The maximum atomic E-state index is 12.0. The smallest absolute Gasteiger partial charge is 0.307 e. The lowest BCUT2D eigenvalue weighted by Gasteiger charge is -2.14. The van der Waals surface area contributed by atoms with Crippen molar-refractivity contribution in [3.05, 3.63) is 29.8 Å². The topological polar surface area (TPSA) is 66.4 Å². The Morgan fingerprint density at radius 2 is 2.00 bits per heavy atom. The van der Waals surface area contributed by atoms with Gasteiger partial charge < -0.3 is 10.4 Å². The molecular weight excluding hydrogens is 242 g/mol. The van der Waals surface area contributed by atoms with E-state index in [-0.39, 0.29) is 18.2 Å². The van der Waals surface area contributed by atoms with E-state index >= 15 is 0 Å². The Morgan fingerprint density at radius 3 is 2.63 bits per heavy atom. The van der Waals surface area contributed by atoms with Crippen LogP contribution in [0.3, 0.4) is 0 Å². The number of carboxylic acid groups (broad SMARTS) is 1. The molecule has 1 amide bonds. The molecule has 0 bridgehead atoms. The standard InChI is InChI=1S/C15H21NO3/c1-3-4-7-11(2)15(19)16-13-9-6-5-8-12(13)10-14(17)18/h5-6,8-9,11H,3-4,7,10H2,1-2H3,(H,16,19)(H,17,18). The minimum absolute atomic E-state index is 0.0497. The number of nitrogens with one attached hydrogen (secondary N) is 1. The molecular formula is C15H21NO3. The van der Waals surface area contributed by atoms with Crippen molar-refractivity contribution in [3.8, 4) is 0 Å². The van der Waals surface area contributed by atoms with Gasteiger partial charge in [-0.3, -0.25) is 9.59 Å². The van der Waals surface area contributed by atoms with Gasteiger partial charge in [-0.15, -0.1) is 0 Å². The molecule has 0 saturated carbocycles. The van der Waals surface area contributed by atoms with E-state index in [2.05, 4.69) is 12.2 Å². The third-order valence-electron chi connectivity index (χ3n) is 3.06. The Kier molecular flexibility index (Phi) is 6.06. The minimum atomic E-state index is -0.902. The van der Waals surface area contributed by atoms with Crippen LogP contribution < -0.4 is 5.32 Å². The highest BCUT2D eigenvalue weighted by Crippen LogP contribution is 2.18. The van der Waals surface area contributed by atoms with Crippen LogP contribution in [-0.2, 0) is 16.0 Å². The van der Waals surface area contributed by atoms with Gasteiger partial charge in [0.2, 0.25) is 5.91 Å². The van der Waals surface area contributed by atoms with Crippen molar-refractivity contribution >= 4 is 17.6 Å². The third-order valence-corrected chi connectivity index (χ3v) is 3.06. The van der Waals surface area contributed by atoms with Gasteiger partial charge in [0.1, 0.15) is 0 Å². The SMILES string of the molecule is CCCCC(C)C(=O)Nc1ccccc1CC(=O)O. The number of hydrogen-bond donors (Lipinski definition) is 2. The van der Waals surface area contributed by atoms with Crippen LogP contribution in [0.25, 0.3) is 0 Å². The van der Waals surface area contributed by atoms with Gasteiger partial charge in [0, 0.05) is 11.6 Å². The highest BCUT2D eigenvalue weighted by atomic mass is 16.4. The van der Waals surface area contributed by atoms with E-state index in [0.717, 1.165) is 19.3 Å². The molecule has 0 heterocycles. The highest BCUT2D eigenvalue weighted by molar-refractivity contribution is 5.93. The van der Waals surface area contributed by atoms with Gasteiger partial charge in [-0.25, -0.2) is 0 Å². The number of rotatable bonds is 7. The van der Waals surface area contributed by atoms with Gasteiger partial charge in [0.05, 0.1) is 6.42 Å². The van der Waals surface area contributed by atoms with Gasteiger partial charge in [0.25, 0.3) is 0 Å². The first kappa shape index (κ1) is 15.2. The first-order valence-electron chi connectivity index (χ1n) is 6.65. The van der Waals surface area contributed by atoms with Crippen molar-refractivity contribution in [1.82, 2.24) is 0 Å². The number of hydrogen-bond acceptors (Lipinski definition) is 2. The molecule has 4 nitrogen and oxygen atoms in total. The molecule has 1 aromatic carbocycles. The maximum absolute atomic E-state index is 12.0. The van der Waals surface area contributed by atoms with Crippen molar-refractivity contribution in [2.75, 3.05) is 5.32 Å². The molecule has 19 heavy (non-hydrogen) atoms. The van der Waals surface area contributed by atoms with Crippen molar-refractivity contribution in [3.63, 3.8) is 0 Å². The summed E-state index contributed by atoms with van der Waals surface area (Å²) in [6.45, 7) is 3.98. The van der Waals surface area contributed by atoms with E-state index in [1.807, 2.05) is 6.92 Å². The molecule has 0 aliphatic carbocycles. The summed E-state index contributed by atoms with van der Waals surface area (Å²) < 4.78 is 0. The summed E-state index contributed by atoms with van der Waals surface area (Å²) in [5.74, 6) is -1.01.